The van der Waals surface area contributed by atoms with E-state index in [1.165, 1.54) is 11.0 Å². The van der Waals surface area contributed by atoms with Crippen molar-refractivity contribution in [3.8, 4) is 0 Å². The summed E-state index contributed by atoms with van der Waals surface area (Å²) in [7, 11) is 0. The molecule has 1 aliphatic heterocycles. The van der Waals surface area contributed by atoms with E-state index in [-0.39, 0.29) is 30.2 Å². The van der Waals surface area contributed by atoms with Crippen molar-refractivity contribution in [2.45, 2.75) is 31.8 Å². The van der Waals surface area contributed by atoms with Crippen LogP contribution in [-0.4, -0.2) is 22.4 Å². The Balaban J connectivity index is 1.82. The SMILES string of the molecule is CC1(C2CC2)NC(=O)N(Cc2ccc(F)c(Br)c2)C1=O. The smallest absolute Gasteiger partial charge is 0.323 e. The molecule has 6 heteroatoms. The van der Waals surface area contributed by atoms with Crippen molar-refractivity contribution < 1.29 is 14.0 Å². The number of hydrogen-bond acceptors (Lipinski definition) is 2. The molecule has 4 nitrogen and oxygen atoms in total. The molecule has 1 aromatic carbocycles. The maximum absolute atomic E-state index is 13.2. The molecule has 0 radical (unpaired) electrons. The molecule has 0 aromatic heterocycles. The van der Waals surface area contributed by atoms with Crippen LogP contribution < -0.4 is 5.32 Å². The molecule has 0 spiro atoms. The molecule has 2 fully saturated rings. The third kappa shape index (κ3) is 2.12. The summed E-state index contributed by atoms with van der Waals surface area (Å²) in [5.41, 5.74) is -0.0595. The van der Waals surface area contributed by atoms with E-state index in [4.69, 9.17) is 0 Å². The topological polar surface area (TPSA) is 49.4 Å². The number of carbonyl (C=O) groups is 2. The zero-order chi connectivity index (χ0) is 14.5. The third-order valence-electron chi connectivity index (χ3n) is 4.02. The molecule has 0 bridgehead atoms. The summed E-state index contributed by atoms with van der Waals surface area (Å²) >= 11 is 3.10. The lowest BCUT2D eigenvalue weighted by Crippen LogP contribution is -2.46. The van der Waals surface area contributed by atoms with Crippen LogP contribution in [0.15, 0.2) is 22.7 Å². The van der Waals surface area contributed by atoms with Crippen LogP contribution in [0.1, 0.15) is 25.3 Å². The highest BCUT2D eigenvalue weighted by molar-refractivity contribution is 9.10. The van der Waals surface area contributed by atoms with Gasteiger partial charge >= 0.3 is 6.03 Å². The van der Waals surface area contributed by atoms with Gasteiger partial charge in [0, 0.05) is 0 Å². The molecule has 3 amide bonds. The van der Waals surface area contributed by atoms with Gasteiger partial charge in [0.25, 0.3) is 5.91 Å². The lowest BCUT2D eigenvalue weighted by molar-refractivity contribution is -0.131. The monoisotopic (exact) mass is 340 g/mol. The van der Waals surface area contributed by atoms with Crippen molar-refractivity contribution in [2.75, 3.05) is 0 Å². The van der Waals surface area contributed by atoms with Crippen LogP contribution in [0.5, 0.6) is 0 Å². The maximum atomic E-state index is 13.2. The van der Waals surface area contributed by atoms with Crippen molar-refractivity contribution in [2.24, 2.45) is 5.92 Å². The molecule has 106 valence electrons. The molecular weight excluding hydrogens is 327 g/mol. The molecule has 1 unspecified atom stereocenters. The van der Waals surface area contributed by atoms with Crippen LogP contribution in [0.2, 0.25) is 0 Å². The van der Waals surface area contributed by atoms with Gasteiger partial charge in [0.15, 0.2) is 0 Å². The van der Waals surface area contributed by atoms with Gasteiger partial charge in [-0.3, -0.25) is 9.69 Å². The first-order valence-electron chi connectivity index (χ1n) is 6.50. The van der Waals surface area contributed by atoms with Gasteiger partial charge in [-0.2, -0.15) is 0 Å². The Morgan fingerprint density at radius 3 is 2.75 bits per heavy atom. The molecule has 1 saturated heterocycles. The number of carbonyl (C=O) groups excluding carboxylic acids is 2. The van der Waals surface area contributed by atoms with Gasteiger partial charge in [-0.05, 0) is 59.3 Å². The Labute approximate surface area is 124 Å². The van der Waals surface area contributed by atoms with Crippen LogP contribution in [-0.2, 0) is 11.3 Å². The van der Waals surface area contributed by atoms with Crippen LogP contribution >= 0.6 is 15.9 Å². The fourth-order valence-corrected chi connectivity index (χ4v) is 3.04. The second-order valence-corrected chi connectivity index (χ2v) is 6.40. The van der Waals surface area contributed by atoms with Crippen LogP contribution in [0.3, 0.4) is 0 Å². The lowest BCUT2D eigenvalue weighted by Gasteiger charge is -2.21. The van der Waals surface area contributed by atoms with Crippen LogP contribution in [0.25, 0.3) is 0 Å². The first-order chi connectivity index (χ1) is 9.41. The summed E-state index contributed by atoms with van der Waals surface area (Å²) in [5, 5.41) is 2.79. The van der Waals surface area contributed by atoms with Crippen molar-refractivity contribution in [3.05, 3.63) is 34.1 Å². The number of urea groups is 1. The van der Waals surface area contributed by atoms with Crippen molar-refractivity contribution in [1.29, 1.82) is 0 Å². The summed E-state index contributed by atoms with van der Waals surface area (Å²) in [5.74, 6) is -0.317. The molecule has 3 rings (SSSR count). The number of nitrogens with one attached hydrogen (secondary N) is 1. The lowest BCUT2D eigenvalue weighted by atomic mass is 9.96. The van der Waals surface area contributed by atoms with Crippen LogP contribution in [0, 0.1) is 11.7 Å². The fraction of sp³-hybridized carbons (Fsp3) is 0.429. The highest BCUT2D eigenvalue weighted by Crippen LogP contribution is 2.42. The summed E-state index contributed by atoms with van der Waals surface area (Å²) in [4.78, 5) is 25.6. The van der Waals surface area contributed by atoms with Gasteiger partial charge in [0.05, 0.1) is 11.0 Å². The molecule has 20 heavy (non-hydrogen) atoms. The van der Waals surface area contributed by atoms with E-state index in [9.17, 15) is 14.0 Å². The first kappa shape index (κ1) is 13.5. The van der Waals surface area contributed by atoms with E-state index in [2.05, 4.69) is 21.2 Å². The number of hydrogen-bond donors (Lipinski definition) is 1. The minimum atomic E-state index is -0.769. The molecule has 1 aromatic rings. The van der Waals surface area contributed by atoms with E-state index in [1.54, 1.807) is 19.1 Å². The van der Waals surface area contributed by atoms with Gasteiger partial charge in [0.2, 0.25) is 0 Å². The number of nitrogens with zero attached hydrogens (tertiary/aromatic N) is 1. The number of amides is 3. The zero-order valence-corrected chi connectivity index (χ0v) is 12.5. The van der Waals surface area contributed by atoms with E-state index in [0.29, 0.717) is 10.0 Å². The molecule has 1 saturated carbocycles. The Morgan fingerprint density at radius 1 is 1.45 bits per heavy atom. The second kappa shape index (κ2) is 4.55. The van der Waals surface area contributed by atoms with E-state index < -0.39 is 5.54 Å². The second-order valence-electron chi connectivity index (χ2n) is 5.55. The van der Waals surface area contributed by atoms with Gasteiger partial charge in [-0.1, -0.05) is 6.07 Å². The van der Waals surface area contributed by atoms with E-state index in [1.807, 2.05) is 0 Å². The Bertz CT molecular complexity index is 603. The molecule has 2 aliphatic rings. The Morgan fingerprint density at radius 2 is 2.15 bits per heavy atom. The normalized spacial score (nSPS) is 26.1. The molecule has 1 atom stereocenters. The van der Waals surface area contributed by atoms with Crippen molar-refractivity contribution >= 4 is 27.9 Å². The number of rotatable bonds is 3. The highest BCUT2D eigenvalue weighted by Gasteiger charge is 2.55. The maximum Gasteiger partial charge on any atom is 0.325 e. The third-order valence-corrected chi connectivity index (χ3v) is 4.63. The molecule has 1 aliphatic carbocycles. The number of halogens is 2. The van der Waals surface area contributed by atoms with Gasteiger partial charge in [-0.15, -0.1) is 0 Å². The number of imide groups is 1. The summed E-state index contributed by atoms with van der Waals surface area (Å²) < 4.78 is 13.5. The number of benzene rings is 1. The standard InChI is InChI=1S/C14H14BrFN2O2/c1-14(9-3-4-9)12(19)18(13(20)17-14)7-8-2-5-11(16)10(15)6-8/h2,5-6,9H,3-4,7H2,1H3,(H,17,20). The van der Waals surface area contributed by atoms with Gasteiger partial charge in [-0.25, -0.2) is 9.18 Å². The average Bonchev–Trinajstić information content (AvgIpc) is 3.20. The van der Waals surface area contributed by atoms with E-state index >= 15 is 0 Å². The average molecular weight is 341 g/mol. The summed E-state index contributed by atoms with van der Waals surface area (Å²) in [6, 6.07) is 4.11. The minimum Gasteiger partial charge on any atom is -0.323 e. The Hall–Kier alpha value is -1.43. The van der Waals surface area contributed by atoms with Crippen molar-refractivity contribution in [3.63, 3.8) is 0 Å². The molecular formula is C14H14BrFN2O2. The predicted molar refractivity (Wildman–Crippen MR) is 74.3 cm³/mol. The molecule has 1 heterocycles. The first-order valence-corrected chi connectivity index (χ1v) is 7.29. The van der Waals surface area contributed by atoms with Crippen LogP contribution in [0.4, 0.5) is 9.18 Å². The van der Waals surface area contributed by atoms with Crippen molar-refractivity contribution in [1.82, 2.24) is 10.2 Å². The molecule has 1 N–H and O–H groups in total. The summed E-state index contributed by atoms with van der Waals surface area (Å²) in [6.07, 6.45) is 1.94. The predicted octanol–water partition coefficient (Wildman–Crippen LogP) is 2.81. The summed E-state index contributed by atoms with van der Waals surface area (Å²) in [6.45, 7) is 1.94. The fourth-order valence-electron chi connectivity index (χ4n) is 2.62. The van der Waals surface area contributed by atoms with Gasteiger partial charge in [0.1, 0.15) is 11.4 Å². The van der Waals surface area contributed by atoms with Gasteiger partial charge < -0.3 is 5.32 Å². The largest absolute Gasteiger partial charge is 0.325 e. The minimum absolute atomic E-state index is 0.159. The highest BCUT2D eigenvalue weighted by atomic mass is 79.9. The quantitative estimate of drug-likeness (QED) is 0.860. The van der Waals surface area contributed by atoms with E-state index in [0.717, 1.165) is 12.8 Å². The Kier molecular flexibility index (Phi) is 3.08. The zero-order valence-electron chi connectivity index (χ0n) is 11.0.